The van der Waals surface area contributed by atoms with E-state index in [0.717, 1.165) is 73.9 Å². The predicted molar refractivity (Wildman–Crippen MR) is 141 cm³/mol. The summed E-state index contributed by atoms with van der Waals surface area (Å²) in [4.78, 5) is 24.2. The fourth-order valence-electron chi connectivity index (χ4n) is 3.43. The summed E-state index contributed by atoms with van der Waals surface area (Å²) in [6.07, 6.45) is 9.73. The van der Waals surface area contributed by atoms with Crippen molar-refractivity contribution in [3.8, 4) is 23.7 Å². The van der Waals surface area contributed by atoms with Gasteiger partial charge in [-0.3, -0.25) is 9.59 Å². The van der Waals surface area contributed by atoms with Crippen LogP contribution in [0.25, 0.3) is 0 Å². The zero-order valence-electron chi connectivity index (χ0n) is 20.5. The lowest BCUT2D eigenvalue weighted by atomic mass is 10.1. The van der Waals surface area contributed by atoms with E-state index in [1.54, 1.807) is 0 Å². The summed E-state index contributed by atoms with van der Waals surface area (Å²) in [5.74, 6) is 11.9. The Bertz CT molecular complexity index is 965. The number of amides is 2. The van der Waals surface area contributed by atoms with Crippen molar-refractivity contribution in [1.82, 2.24) is 0 Å². The lowest BCUT2D eigenvalue weighted by molar-refractivity contribution is -0.117. The average molecular weight is 457 g/mol. The Hall–Kier alpha value is -3.50. The lowest BCUT2D eigenvalue weighted by Gasteiger charge is -2.05. The second-order valence-corrected chi connectivity index (χ2v) is 8.38. The third-order valence-corrected chi connectivity index (χ3v) is 5.28. The molecule has 2 rings (SSSR count). The molecule has 0 aliphatic carbocycles. The van der Waals surface area contributed by atoms with E-state index in [4.69, 9.17) is 0 Å². The zero-order chi connectivity index (χ0) is 24.4. The van der Waals surface area contributed by atoms with E-state index in [-0.39, 0.29) is 11.8 Å². The zero-order valence-corrected chi connectivity index (χ0v) is 20.5. The topological polar surface area (TPSA) is 58.2 Å². The van der Waals surface area contributed by atoms with Crippen molar-refractivity contribution in [2.45, 2.75) is 78.1 Å². The van der Waals surface area contributed by atoms with Crippen LogP contribution in [0.1, 0.15) is 89.2 Å². The summed E-state index contributed by atoms with van der Waals surface area (Å²) >= 11 is 0. The van der Waals surface area contributed by atoms with Crippen LogP contribution in [-0.2, 0) is 9.59 Å². The summed E-state index contributed by atoms with van der Waals surface area (Å²) in [6.45, 7) is 4.31. The maximum atomic E-state index is 12.1. The fraction of sp³-hybridized carbons (Fsp3) is 0.400. The molecule has 0 saturated carbocycles. The van der Waals surface area contributed by atoms with Crippen LogP contribution in [0.3, 0.4) is 0 Å². The molecule has 2 aromatic rings. The van der Waals surface area contributed by atoms with Crippen LogP contribution in [0.15, 0.2) is 48.5 Å². The highest BCUT2D eigenvalue weighted by molar-refractivity contribution is 5.91. The molecule has 0 atom stereocenters. The minimum Gasteiger partial charge on any atom is -0.326 e. The van der Waals surface area contributed by atoms with E-state index >= 15 is 0 Å². The Balaban J connectivity index is 1.88. The molecule has 4 heteroatoms. The van der Waals surface area contributed by atoms with Gasteiger partial charge in [-0.15, -0.1) is 0 Å². The minimum atomic E-state index is 0.0361. The first-order chi connectivity index (χ1) is 16.6. The van der Waals surface area contributed by atoms with E-state index < -0.39 is 0 Å². The van der Waals surface area contributed by atoms with E-state index in [9.17, 15) is 9.59 Å². The maximum Gasteiger partial charge on any atom is 0.224 e. The van der Waals surface area contributed by atoms with Gasteiger partial charge in [0.15, 0.2) is 0 Å². The highest BCUT2D eigenvalue weighted by atomic mass is 16.2. The first kappa shape index (κ1) is 26.7. The number of hydrogen-bond donors (Lipinski definition) is 2. The van der Waals surface area contributed by atoms with Crippen molar-refractivity contribution in [1.29, 1.82) is 0 Å². The van der Waals surface area contributed by atoms with Crippen molar-refractivity contribution < 1.29 is 9.59 Å². The molecule has 0 saturated heterocycles. The molecule has 0 aliphatic rings. The van der Waals surface area contributed by atoms with E-state index in [1.807, 2.05) is 48.5 Å². The number of rotatable bonds is 12. The molecule has 178 valence electrons. The molecule has 0 aliphatic heterocycles. The van der Waals surface area contributed by atoms with Gasteiger partial charge in [-0.2, -0.15) is 0 Å². The van der Waals surface area contributed by atoms with Crippen LogP contribution in [0.5, 0.6) is 0 Å². The summed E-state index contributed by atoms with van der Waals surface area (Å²) in [7, 11) is 0. The van der Waals surface area contributed by atoms with Crippen molar-refractivity contribution in [3.05, 3.63) is 59.7 Å². The number of unbranched alkanes of at least 4 members (excludes halogenated alkanes) is 6. The third-order valence-electron chi connectivity index (χ3n) is 5.28. The molecule has 34 heavy (non-hydrogen) atoms. The smallest absolute Gasteiger partial charge is 0.224 e. The Kier molecular flexibility index (Phi) is 12.7. The maximum absolute atomic E-state index is 12.1. The van der Waals surface area contributed by atoms with Gasteiger partial charge in [0, 0.05) is 35.3 Å². The van der Waals surface area contributed by atoms with Crippen LogP contribution < -0.4 is 10.6 Å². The second kappa shape index (κ2) is 16.2. The molecule has 0 spiro atoms. The fourth-order valence-corrected chi connectivity index (χ4v) is 3.43. The lowest BCUT2D eigenvalue weighted by Crippen LogP contribution is -2.11. The number of benzene rings is 2. The number of carbonyl (C=O) groups excluding carboxylic acids is 2. The predicted octanol–water partition coefficient (Wildman–Crippen LogP) is 6.91. The second-order valence-electron chi connectivity index (χ2n) is 8.38. The van der Waals surface area contributed by atoms with E-state index in [0.29, 0.717) is 12.8 Å². The third kappa shape index (κ3) is 11.4. The van der Waals surface area contributed by atoms with Crippen LogP contribution in [-0.4, -0.2) is 11.8 Å². The molecule has 0 unspecified atom stereocenters. The molecular weight excluding hydrogens is 420 g/mol. The molecule has 2 aromatic carbocycles. The Morgan fingerprint density at radius 2 is 1.09 bits per heavy atom. The molecule has 4 nitrogen and oxygen atoms in total. The largest absolute Gasteiger partial charge is 0.326 e. The highest BCUT2D eigenvalue weighted by Gasteiger charge is 2.03. The summed E-state index contributed by atoms with van der Waals surface area (Å²) in [6, 6.07) is 15.0. The molecule has 0 fully saturated rings. The first-order valence-electron chi connectivity index (χ1n) is 12.4. The van der Waals surface area contributed by atoms with Crippen LogP contribution in [0.2, 0.25) is 0 Å². The molecular formula is C30H36N2O2. The Morgan fingerprint density at radius 3 is 1.50 bits per heavy atom. The average Bonchev–Trinajstić information content (AvgIpc) is 2.83. The molecule has 2 amide bonds. The van der Waals surface area contributed by atoms with Gasteiger partial charge in [0.2, 0.25) is 11.8 Å². The molecule has 0 heterocycles. The summed E-state index contributed by atoms with van der Waals surface area (Å²) in [5, 5.41) is 5.88. The minimum absolute atomic E-state index is 0.0361. The molecule has 2 N–H and O–H groups in total. The number of nitrogens with one attached hydrogen (secondary N) is 2. The van der Waals surface area contributed by atoms with Gasteiger partial charge in [-0.1, -0.05) is 76.3 Å². The van der Waals surface area contributed by atoms with Crippen LogP contribution in [0.4, 0.5) is 11.4 Å². The van der Waals surface area contributed by atoms with Gasteiger partial charge in [0.05, 0.1) is 0 Å². The van der Waals surface area contributed by atoms with E-state index in [2.05, 4.69) is 48.2 Å². The van der Waals surface area contributed by atoms with Gasteiger partial charge in [-0.25, -0.2) is 0 Å². The van der Waals surface area contributed by atoms with Crippen molar-refractivity contribution in [2.24, 2.45) is 0 Å². The monoisotopic (exact) mass is 456 g/mol. The van der Waals surface area contributed by atoms with Crippen LogP contribution in [0, 0.1) is 23.7 Å². The van der Waals surface area contributed by atoms with Crippen molar-refractivity contribution >= 4 is 23.2 Å². The standard InChI is InChI=1S/C30H36N2O2/c1-3-5-7-9-21-29(33)31-27-19-13-17-25(23-27)15-11-12-16-26-18-14-20-28(24-26)32-30(34)22-10-8-6-4-2/h13-14,17-20,23-24H,3-10,21-22H2,1-2H3,(H,31,33)(H,32,34). The van der Waals surface area contributed by atoms with Gasteiger partial charge in [-0.05, 0) is 61.1 Å². The summed E-state index contributed by atoms with van der Waals surface area (Å²) < 4.78 is 0. The molecule has 0 aromatic heterocycles. The SMILES string of the molecule is CCCCCCC(=O)Nc1cccc(C#CC#Cc2cccc(NC(=O)CCCCCC)c2)c1. The van der Waals surface area contributed by atoms with E-state index in [1.165, 1.54) is 0 Å². The first-order valence-corrected chi connectivity index (χ1v) is 12.4. The normalized spacial score (nSPS) is 9.82. The van der Waals surface area contributed by atoms with Crippen molar-refractivity contribution in [2.75, 3.05) is 10.6 Å². The highest BCUT2D eigenvalue weighted by Crippen LogP contribution is 2.13. The molecule has 0 bridgehead atoms. The Morgan fingerprint density at radius 1 is 0.647 bits per heavy atom. The van der Waals surface area contributed by atoms with Gasteiger partial charge in [0.25, 0.3) is 0 Å². The number of hydrogen-bond acceptors (Lipinski definition) is 2. The Labute approximate surface area is 204 Å². The van der Waals surface area contributed by atoms with Gasteiger partial charge >= 0.3 is 0 Å². The quantitative estimate of drug-likeness (QED) is 0.269. The van der Waals surface area contributed by atoms with Crippen LogP contribution >= 0.6 is 0 Å². The number of carbonyl (C=O) groups is 2. The summed E-state index contributed by atoms with van der Waals surface area (Å²) in [5.41, 5.74) is 3.08. The molecule has 0 radical (unpaired) electrons. The van der Waals surface area contributed by atoms with Gasteiger partial charge < -0.3 is 10.6 Å². The van der Waals surface area contributed by atoms with Gasteiger partial charge in [0.1, 0.15) is 0 Å². The number of anilines is 2. The van der Waals surface area contributed by atoms with Crippen molar-refractivity contribution in [3.63, 3.8) is 0 Å².